The Morgan fingerprint density at radius 2 is 1.93 bits per heavy atom. The van der Waals surface area contributed by atoms with Crippen LogP contribution in [0.3, 0.4) is 0 Å². The fourth-order valence-electron chi connectivity index (χ4n) is 3.20. The minimum Gasteiger partial charge on any atom is -0.325 e. The molecule has 0 radical (unpaired) electrons. The summed E-state index contributed by atoms with van der Waals surface area (Å²) in [4.78, 5) is 37.1. The zero-order chi connectivity index (χ0) is 19.6. The fourth-order valence-corrected chi connectivity index (χ4v) is 5.05. The van der Waals surface area contributed by atoms with Gasteiger partial charge in [0, 0.05) is 12.2 Å². The number of rotatable bonds is 5. The Hall–Kier alpha value is -1.91. The molecule has 2 saturated heterocycles. The topological polar surface area (TPSA) is 104 Å². The lowest BCUT2D eigenvalue weighted by atomic mass is 10.0. The van der Waals surface area contributed by atoms with Gasteiger partial charge in [0.25, 0.3) is 5.24 Å². The van der Waals surface area contributed by atoms with Gasteiger partial charge in [-0.25, -0.2) is 8.42 Å². The number of imide groups is 1. The highest BCUT2D eigenvalue weighted by atomic mass is 32.2. The zero-order valence-corrected chi connectivity index (χ0v) is 16.5. The lowest BCUT2D eigenvalue weighted by molar-refractivity contribution is -0.125. The molecule has 0 saturated carbocycles. The number of hydrogen-bond donors (Lipinski definition) is 1. The summed E-state index contributed by atoms with van der Waals surface area (Å²) >= 11 is 0.989. The van der Waals surface area contributed by atoms with Gasteiger partial charge in [0.1, 0.15) is 6.04 Å². The third kappa shape index (κ3) is 4.69. The van der Waals surface area contributed by atoms with Crippen LogP contribution in [0.4, 0.5) is 10.5 Å². The maximum Gasteiger partial charge on any atom is 0.289 e. The first-order valence-electron chi connectivity index (χ1n) is 8.59. The Morgan fingerprint density at radius 1 is 1.22 bits per heavy atom. The first kappa shape index (κ1) is 19.8. The van der Waals surface area contributed by atoms with Crippen LogP contribution in [0.1, 0.15) is 24.8 Å². The number of amides is 3. The van der Waals surface area contributed by atoms with Gasteiger partial charge < -0.3 is 5.32 Å². The van der Waals surface area contributed by atoms with Crippen molar-refractivity contribution in [1.82, 2.24) is 9.21 Å². The standard InChI is InChI=1S/C17H21N3O5S2/c1-27(24,25)20-9-3-2-4-14(20)16(22)18-13-7-5-12(6-8-13)10-19-15(21)11-26-17(19)23/h5-8,14H,2-4,9-11H2,1H3,(H,18,22). The fraction of sp³-hybridized carbons (Fsp3) is 0.471. The number of nitrogens with one attached hydrogen (secondary N) is 1. The van der Waals surface area contributed by atoms with Gasteiger partial charge in [0.15, 0.2) is 0 Å². The number of carbonyl (C=O) groups is 3. The maximum atomic E-state index is 12.6. The van der Waals surface area contributed by atoms with Crippen molar-refractivity contribution in [3.63, 3.8) is 0 Å². The van der Waals surface area contributed by atoms with Gasteiger partial charge in [-0.2, -0.15) is 4.31 Å². The van der Waals surface area contributed by atoms with Crippen molar-refractivity contribution < 1.29 is 22.8 Å². The van der Waals surface area contributed by atoms with Crippen molar-refractivity contribution in [1.29, 1.82) is 0 Å². The van der Waals surface area contributed by atoms with Crippen LogP contribution >= 0.6 is 11.8 Å². The van der Waals surface area contributed by atoms with Crippen LogP contribution in [0.2, 0.25) is 0 Å². The minimum absolute atomic E-state index is 0.172. The van der Waals surface area contributed by atoms with E-state index in [4.69, 9.17) is 0 Å². The van der Waals surface area contributed by atoms with E-state index in [1.807, 2.05) is 0 Å². The Kier molecular flexibility index (Phi) is 5.87. The maximum absolute atomic E-state index is 12.6. The Balaban J connectivity index is 1.64. The second kappa shape index (κ2) is 7.99. The number of anilines is 1. The highest BCUT2D eigenvalue weighted by Gasteiger charge is 2.34. The van der Waals surface area contributed by atoms with Crippen LogP contribution in [-0.2, 0) is 26.2 Å². The summed E-state index contributed by atoms with van der Waals surface area (Å²) in [6.45, 7) is 0.551. The molecule has 1 aromatic carbocycles. The zero-order valence-electron chi connectivity index (χ0n) is 14.9. The van der Waals surface area contributed by atoms with E-state index in [1.54, 1.807) is 24.3 Å². The molecule has 1 atom stereocenters. The van der Waals surface area contributed by atoms with Gasteiger partial charge in [0.05, 0.1) is 18.6 Å². The molecule has 0 bridgehead atoms. The molecule has 2 aliphatic rings. The van der Waals surface area contributed by atoms with Crippen molar-refractivity contribution in [2.24, 2.45) is 0 Å². The Morgan fingerprint density at radius 3 is 2.52 bits per heavy atom. The Bertz CT molecular complexity index is 838. The second-order valence-corrected chi connectivity index (χ2v) is 9.47. The smallest absolute Gasteiger partial charge is 0.289 e. The highest BCUT2D eigenvalue weighted by molar-refractivity contribution is 8.14. The predicted octanol–water partition coefficient (Wildman–Crippen LogP) is 1.63. The average Bonchev–Trinajstić information content (AvgIpc) is 2.94. The summed E-state index contributed by atoms with van der Waals surface area (Å²) in [6.07, 6.45) is 3.16. The summed E-state index contributed by atoms with van der Waals surface area (Å²) in [7, 11) is -3.44. The number of carbonyl (C=O) groups excluding carboxylic acids is 3. The molecule has 3 rings (SSSR count). The molecule has 1 N–H and O–H groups in total. The molecule has 2 fully saturated rings. The lowest BCUT2D eigenvalue weighted by Gasteiger charge is -2.32. The van der Waals surface area contributed by atoms with E-state index in [0.29, 0.717) is 18.7 Å². The molecule has 8 nitrogen and oxygen atoms in total. The van der Waals surface area contributed by atoms with E-state index in [-0.39, 0.29) is 29.4 Å². The SMILES string of the molecule is CS(=O)(=O)N1CCCCC1C(=O)Nc1ccc(CN2C(=O)CSC2=O)cc1. The normalized spacial score (nSPS) is 21.5. The third-order valence-electron chi connectivity index (χ3n) is 4.59. The summed E-state index contributed by atoms with van der Waals surface area (Å²) < 4.78 is 25.1. The number of sulfonamides is 1. The average molecular weight is 412 g/mol. The minimum atomic E-state index is -3.44. The number of benzene rings is 1. The molecule has 146 valence electrons. The van der Waals surface area contributed by atoms with E-state index >= 15 is 0 Å². The highest BCUT2D eigenvalue weighted by Crippen LogP contribution is 2.23. The monoisotopic (exact) mass is 411 g/mol. The molecule has 27 heavy (non-hydrogen) atoms. The molecule has 0 spiro atoms. The van der Waals surface area contributed by atoms with Crippen molar-refractivity contribution >= 4 is 44.5 Å². The number of thioether (sulfide) groups is 1. The molecule has 2 heterocycles. The van der Waals surface area contributed by atoms with Crippen molar-refractivity contribution in [3.05, 3.63) is 29.8 Å². The summed E-state index contributed by atoms with van der Waals surface area (Å²) in [5.41, 5.74) is 1.31. The van der Waals surface area contributed by atoms with Gasteiger partial charge in [-0.1, -0.05) is 30.3 Å². The van der Waals surface area contributed by atoms with E-state index in [2.05, 4.69) is 5.32 Å². The van der Waals surface area contributed by atoms with Gasteiger partial charge in [0.2, 0.25) is 21.8 Å². The number of piperidine rings is 1. The van der Waals surface area contributed by atoms with Crippen LogP contribution in [0.25, 0.3) is 0 Å². The summed E-state index contributed by atoms with van der Waals surface area (Å²) in [5, 5.41) is 2.50. The van der Waals surface area contributed by atoms with E-state index in [1.165, 1.54) is 9.21 Å². The van der Waals surface area contributed by atoms with Crippen molar-refractivity contribution in [2.75, 3.05) is 23.9 Å². The third-order valence-corrected chi connectivity index (χ3v) is 6.73. The van der Waals surface area contributed by atoms with E-state index in [9.17, 15) is 22.8 Å². The van der Waals surface area contributed by atoms with Crippen LogP contribution in [0, 0.1) is 0 Å². The molecule has 1 aromatic rings. The van der Waals surface area contributed by atoms with Crippen LogP contribution < -0.4 is 5.32 Å². The number of nitrogens with zero attached hydrogens (tertiary/aromatic N) is 2. The predicted molar refractivity (Wildman–Crippen MR) is 103 cm³/mol. The van der Waals surface area contributed by atoms with Crippen molar-refractivity contribution in [2.45, 2.75) is 31.8 Å². The molecule has 10 heteroatoms. The first-order valence-corrected chi connectivity index (χ1v) is 11.4. The van der Waals surface area contributed by atoms with Gasteiger partial charge >= 0.3 is 0 Å². The quantitative estimate of drug-likeness (QED) is 0.790. The molecule has 0 aromatic heterocycles. The van der Waals surface area contributed by atoms with Crippen LogP contribution in [0.15, 0.2) is 24.3 Å². The summed E-state index contributed by atoms with van der Waals surface area (Å²) in [6, 6.07) is 6.12. The molecule has 0 aliphatic carbocycles. The van der Waals surface area contributed by atoms with Gasteiger partial charge in [-0.3, -0.25) is 19.3 Å². The van der Waals surface area contributed by atoms with Gasteiger partial charge in [-0.05, 0) is 30.5 Å². The second-order valence-electron chi connectivity index (χ2n) is 6.61. The van der Waals surface area contributed by atoms with Crippen molar-refractivity contribution in [3.8, 4) is 0 Å². The van der Waals surface area contributed by atoms with Gasteiger partial charge in [-0.15, -0.1) is 0 Å². The Labute approximate surface area is 162 Å². The first-order chi connectivity index (χ1) is 12.8. The van der Waals surface area contributed by atoms with E-state index in [0.717, 1.165) is 36.4 Å². The largest absolute Gasteiger partial charge is 0.325 e. The molecule has 3 amide bonds. The number of hydrogen-bond acceptors (Lipinski definition) is 6. The van der Waals surface area contributed by atoms with E-state index < -0.39 is 16.1 Å². The molecule has 1 unspecified atom stereocenters. The molecule has 2 aliphatic heterocycles. The lowest BCUT2D eigenvalue weighted by Crippen LogP contribution is -2.49. The van der Waals surface area contributed by atoms with Crippen LogP contribution in [-0.4, -0.2) is 59.3 Å². The van der Waals surface area contributed by atoms with Crippen LogP contribution in [0.5, 0.6) is 0 Å². The molecular formula is C17H21N3O5S2. The summed E-state index contributed by atoms with van der Waals surface area (Å²) in [5.74, 6) is -0.389. The molecular weight excluding hydrogens is 390 g/mol.